The molecule has 14 heavy (non-hydrogen) atoms. The van der Waals surface area contributed by atoms with E-state index in [1.165, 1.54) is 0 Å². The molecule has 0 atom stereocenters. The predicted molar refractivity (Wildman–Crippen MR) is 40.5 cm³/mol. The average molecular weight is 205 g/mol. The molecule has 0 saturated heterocycles. The van der Waals surface area contributed by atoms with Gasteiger partial charge in [-0.15, -0.1) is 0 Å². The fourth-order valence-corrected chi connectivity index (χ4v) is 0.885. The summed E-state index contributed by atoms with van der Waals surface area (Å²) in [6.07, 6.45) is 0.787. The molecule has 76 valence electrons. The highest BCUT2D eigenvalue weighted by molar-refractivity contribution is 5.75. The monoisotopic (exact) mass is 205 g/mol. The largest absolute Gasteiger partial charge is 0.477 e. The van der Waals surface area contributed by atoms with Crippen molar-refractivity contribution in [2.24, 2.45) is 0 Å². The van der Waals surface area contributed by atoms with E-state index in [4.69, 9.17) is 5.11 Å². The van der Waals surface area contributed by atoms with Crippen LogP contribution in [-0.4, -0.2) is 22.0 Å². The highest BCUT2D eigenvalue weighted by atomic mass is 19.3. The third kappa shape index (κ3) is 2.45. The first-order chi connectivity index (χ1) is 6.42. The Balaban J connectivity index is 2.83. The Hall–Kier alpha value is -1.59. The molecule has 1 aromatic heterocycles. The molecule has 0 saturated carbocycles. The Bertz CT molecular complexity index is 354. The molecule has 0 unspecified atom stereocenters. The lowest BCUT2D eigenvalue weighted by molar-refractivity contribution is -0.164. The van der Waals surface area contributed by atoms with Gasteiger partial charge in [0.1, 0.15) is 5.82 Å². The van der Waals surface area contributed by atoms with E-state index in [9.17, 15) is 18.0 Å². The fourth-order valence-electron chi connectivity index (χ4n) is 0.885. The van der Waals surface area contributed by atoms with Gasteiger partial charge in [0.05, 0.1) is 6.20 Å². The Morgan fingerprint density at radius 2 is 2.14 bits per heavy atom. The number of carboxylic acid groups (broad SMARTS) is 1. The van der Waals surface area contributed by atoms with Gasteiger partial charge in [0.15, 0.2) is 0 Å². The summed E-state index contributed by atoms with van der Waals surface area (Å²) in [5.41, 5.74) is -0.155. The van der Waals surface area contributed by atoms with Crippen LogP contribution in [0.3, 0.4) is 0 Å². The van der Waals surface area contributed by atoms with E-state index in [1.54, 1.807) is 0 Å². The van der Waals surface area contributed by atoms with Crippen molar-refractivity contribution in [1.82, 2.24) is 4.98 Å². The minimum absolute atomic E-state index is 0.155. The Morgan fingerprint density at radius 3 is 2.64 bits per heavy atom. The lowest BCUT2D eigenvalue weighted by atomic mass is 10.1. The molecule has 1 rings (SSSR count). The Morgan fingerprint density at radius 1 is 1.50 bits per heavy atom. The number of aliphatic carboxylic acids is 1. The summed E-state index contributed by atoms with van der Waals surface area (Å²) in [5.74, 6) is -6.90. The molecular formula is C8H6F3NO2. The van der Waals surface area contributed by atoms with Gasteiger partial charge in [-0.2, -0.15) is 8.78 Å². The van der Waals surface area contributed by atoms with Gasteiger partial charge in [-0.05, 0) is 11.6 Å². The smallest absolute Gasteiger partial charge is 0.374 e. The zero-order valence-electron chi connectivity index (χ0n) is 6.88. The van der Waals surface area contributed by atoms with Gasteiger partial charge in [0.25, 0.3) is 0 Å². The number of carbonyl (C=O) groups is 1. The molecule has 0 amide bonds. The van der Waals surface area contributed by atoms with E-state index in [0.717, 1.165) is 18.5 Å². The second-order valence-electron chi connectivity index (χ2n) is 2.70. The van der Waals surface area contributed by atoms with Crippen molar-refractivity contribution in [3.63, 3.8) is 0 Å². The number of nitrogens with zero attached hydrogens (tertiary/aromatic N) is 1. The van der Waals surface area contributed by atoms with Crippen LogP contribution < -0.4 is 0 Å². The molecule has 0 radical (unpaired) electrons. The minimum atomic E-state index is -3.89. The van der Waals surface area contributed by atoms with E-state index >= 15 is 0 Å². The second-order valence-corrected chi connectivity index (χ2v) is 2.70. The van der Waals surface area contributed by atoms with Crippen molar-refractivity contribution in [3.05, 3.63) is 29.8 Å². The molecule has 0 aromatic carbocycles. The van der Waals surface area contributed by atoms with Crippen molar-refractivity contribution in [1.29, 1.82) is 0 Å². The van der Waals surface area contributed by atoms with Crippen LogP contribution >= 0.6 is 0 Å². The summed E-state index contributed by atoms with van der Waals surface area (Å²) in [6, 6.07) is 0.823. The lowest BCUT2D eigenvalue weighted by Gasteiger charge is -2.10. The van der Waals surface area contributed by atoms with Crippen LogP contribution in [0, 0.1) is 5.82 Å². The first kappa shape index (κ1) is 10.5. The lowest BCUT2D eigenvalue weighted by Crippen LogP contribution is -2.30. The van der Waals surface area contributed by atoms with Crippen LogP contribution in [0.25, 0.3) is 0 Å². The quantitative estimate of drug-likeness (QED) is 0.813. The fraction of sp³-hybridized carbons (Fsp3) is 0.250. The molecule has 0 bridgehead atoms. The normalized spacial score (nSPS) is 11.4. The topological polar surface area (TPSA) is 50.2 Å². The summed E-state index contributed by atoms with van der Waals surface area (Å²) >= 11 is 0. The van der Waals surface area contributed by atoms with Crippen molar-refractivity contribution < 1.29 is 23.1 Å². The summed E-state index contributed by atoms with van der Waals surface area (Å²) in [6.45, 7) is 0. The van der Waals surface area contributed by atoms with Crippen molar-refractivity contribution in [2.45, 2.75) is 12.3 Å². The maximum atomic E-state index is 12.6. The molecule has 0 aliphatic heterocycles. The van der Waals surface area contributed by atoms with Crippen LogP contribution in [0.1, 0.15) is 5.56 Å². The first-order valence-corrected chi connectivity index (χ1v) is 3.62. The Kier molecular flexibility index (Phi) is 2.73. The number of rotatable bonds is 3. The summed E-state index contributed by atoms with van der Waals surface area (Å²) in [7, 11) is 0. The number of pyridine rings is 1. The molecule has 6 heteroatoms. The maximum Gasteiger partial charge on any atom is 0.374 e. The molecule has 0 aliphatic carbocycles. The Labute approximate surface area is 77.2 Å². The van der Waals surface area contributed by atoms with E-state index in [0.29, 0.717) is 0 Å². The average Bonchev–Trinajstić information content (AvgIpc) is 2.02. The van der Waals surface area contributed by atoms with Crippen LogP contribution in [0.15, 0.2) is 18.5 Å². The van der Waals surface area contributed by atoms with Crippen LogP contribution in [0.2, 0.25) is 0 Å². The van der Waals surface area contributed by atoms with Crippen LogP contribution in [0.5, 0.6) is 0 Å². The van der Waals surface area contributed by atoms with Gasteiger partial charge in [-0.25, -0.2) is 9.18 Å². The predicted octanol–water partition coefficient (Wildman–Crippen LogP) is 1.48. The number of alkyl halides is 2. The molecule has 1 heterocycles. The molecular weight excluding hydrogens is 199 g/mol. The summed E-state index contributed by atoms with van der Waals surface area (Å²) in [4.78, 5) is 13.4. The number of hydrogen-bond acceptors (Lipinski definition) is 2. The highest BCUT2D eigenvalue weighted by Gasteiger charge is 2.38. The van der Waals surface area contributed by atoms with Gasteiger partial charge < -0.3 is 5.11 Å². The van der Waals surface area contributed by atoms with Gasteiger partial charge in [-0.1, -0.05) is 0 Å². The molecule has 1 aromatic rings. The number of carboxylic acids is 1. The number of hydrogen-bond donors (Lipinski definition) is 1. The minimum Gasteiger partial charge on any atom is -0.477 e. The molecule has 3 nitrogen and oxygen atoms in total. The SMILES string of the molecule is O=C(O)C(F)(F)Cc1cncc(F)c1. The number of aromatic nitrogens is 1. The van der Waals surface area contributed by atoms with Gasteiger partial charge in [0, 0.05) is 12.6 Å². The molecule has 1 N–H and O–H groups in total. The van der Waals surface area contributed by atoms with Gasteiger partial charge >= 0.3 is 11.9 Å². The second kappa shape index (κ2) is 3.65. The first-order valence-electron chi connectivity index (χ1n) is 3.62. The van der Waals surface area contributed by atoms with Crippen LogP contribution in [-0.2, 0) is 11.2 Å². The van der Waals surface area contributed by atoms with Crippen molar-refractivity contribution in [2.75, 3.05) is 0 Å². The highest BCUT2D eigenvalue weighted by Crippen LogP contribution is 2.20. The third-order valence-electron chi connectivity index (χ3n) is 1.50. The molecule has 0 fully saturated rings. The maximum absolute atomic E-state index is 12.6. The number of halogens is 3. The zero-order valence-corrected chi connectivity index (χ0v) is 6.88. The molecule has 0 spiro atoms. The van der Waals surface area contributed by atoms with E-state index in [1.807, 2.05) is 0 Å². The summed E-state index contributed by atoms with van der Waals surface area (Å²) in [5, 5.41) is 8.11. The third-order valence-corrected chi connectivity index (χ3v) is 1.50. The molecule has 0 aliphatic rings. The van der Waals surface area contributed by atoms with E-state index in [-0.39, 0.29) is 5.56 Å². The van der Waals surface area contributed by atoms with E-state index in [2.05, 4.69) is 4.98 Å². The summed E-state index contributed by atoms with van der Waals surface area (Å²) < 4.78 is 37.7. The van der Waals surface area contributed by atoms with Gasteiger partial charge in [-0.3, -0.25) is 4.98 Å². The van der Waals surface area contributed by atoms with E-state index < -0.39 is 24.1 Å². The zero-order chi connectivity index (χ0) is 10.8. The van der Waals surface area contributed by atoms with Crippen molar-refractivity contribution >= 4 is 5.97 Å². The standard InChI is InChI=1S/C8H6F3NO2/c9-6-1-5(3-12-4-6)2-8(10,11)7(13)14/h1,3-4H,2H2,(H,13,14). The van der Waals surface area contributed by atoms with Crippen molar-refractivity contribution in [3.8, 4) is 0 Å². The van der Waals surface area contributed by atoms with Crippen LogP contribution in [0.4, 0.5) is 13.2 Å². The van der Waals surface area contributed by atoms with Gasteiger partial charge in [0.2, 0.25) is 0 Å².